The van der Waals surface area contributed by atoms with Gasteiger partial charge < -0.3 is 16.8 Å². The minimum absolute atomic E-state index is 0.00328. The van der Waals surface area contributed by atoms with Crippen LogP contribution in [0, 0.1) is 0 Å². The van der Waals surface area contributed by atoms with E-state index >= 15 is 0 Å². The fourth-order valence-corrected chi connectivity index (χ4v) is 2.46. The summed E-state index contributed by atoms with van der Waals surface area (Å²) in [5.41, 5.74) is 11.4. The van der Waals surface area contributed by atoms with Crippen molar-refractivity contribution in [1.82, 2.24) is 9.78 Å². The second-order valence-electron chi connectivity index (χ2n) is 5.19. The molecule has 19 heavy (non-hydrogen) atoms. The Bertz CT molecular complexity index is 476. The number of rotatable bonds is 5. The van der Waals surface area contributed by atoms with E-state index in [1.54, 1.807) is 6.20 Å². The minimum atomic E-state index is -0.479. The molecule has 2 amide bonds. The highest BCUT2D eigenvalue weighted by Crippen LogP contribution is 2.30. The molecule has 1 aliphatic rings. The average Bonchev–Trinajstić information content (AvgIpc) is 2.87. The molecule has 1 aromatic rings. The highest BCUT2D eigenvalue weighted by Gasteiger charge is 2.31. The van der Waals surface area contributed by atoms with Gasteiger partial charge in [0, 0.05) is 18.2 Å². The Labute approximate surface area is 111 Å². The van der Waals surface area contributed by atoms with Gasteiger partial charge in [0.1, 0.15) is 6.54 Å². The molecule has 0 aromatic carbocycles. The van der Waals surface area contributed by atoms with Gasteiger partial charge in [0.2, 0.25) is 11.8 Å². The van der Waals surface area contributed by atoms with Crippen LogP contribution < -0.4 is 16.8 Å². The molecule has 0 bridgehead atoms. The molecule has 1 heterocycles. The number of carbonyl (C=O) groups is 2. The Morgan fingerprint density at radius 2 is 2.11 bits per heavy atom. The summed E-state index contributed by atoms with van der Waals surface area (Å²) in [6.07, 6.45) is 7.32. The molecule has 0 spiro atoms. The quantitative estimate of drug-likeness (QED) is 0.693. The van der Waals surface area contributed by atoms with E-state index < -0.39 is 5.91 Å². The van der Waals surface area contributed by atoms with E-state index in [0.29, 0.717) is 12.1 Å². The number of nitrogens with two attached hydrogens (primary N) is 2. The van der Waals surface area contributed by atoms with Crippen LogP contribution in [0.3, 0.4) is 0 Å². The van der Waals surface area contributed by atoms with Crippen molar-refractivity contribution in [2.45, 2.75) is 44.2 Å². The van der Waals surface area contributed by atoms with E-state index in [2.05, 4.69) is 10.4 Å². The van der Waals surface area contributed by atoms with Gasteiger partial charge in [-0.3, -0.25) is 14.3 Å². The van der Waals surface area contributed by atoms with Crippen LogP contribution >= 0.6 is 0 Å². The van der Waals surface area contributed by atoms with Gasteiger partial charge in [-0.15, -0.1) is 0 Å². The third-order valence-electron chi connectivity index (χ3n) is 3.35. The average molecular weight is 265 g/mol. The van der Waals surface area contributed by atoms with Crippen molar-refractivity contribution >= 4 is 17.5 Å². The van der Waals surface area contributed by atoms with Crippen molar-refractivity contribution in [2.75, 3.05) is 5.32 Å². The molecule has 0 atom stereocenters. The number of nitrogens with zero attached hydrogens (tertiary/aromatic N) is 2. The molecule has 1 aromatic heterocycles. The highest BCUT2D eigenvalue weighted by atomic mass is 16.2. The predicted molar refractivity (Wildman–Crippen MR) is 70.1 cm³/mol. The zero-order valence-electron chi connectivity index (χ0n) is 10.8. The predicted octanol–water partition coefficient (Wildman–Crippen LogP) is -0.0315. The lowest BCUT2D eigenvalue weighted by atomic mass is 9.94. The summed E-state index contributed by atoms with van der Waals surface area (Å²) in [5.74, 6) is -0.601. The summed E-state index contributed by atoms with van der Waals surface area (Å²) >= 11 is 0. The van der Waals surface area contributed by atoms with Crippen LogP contribution in [0.5, 0.6) is 0 Å². The van der Waals surface area contributed by atoms with Crippen LogP contribution in [0.15, 0.2) is 12.4 Å². The van der Waals surface area contributed by atoms with Crippen molar-refractivity contribution in [1.29, 1.82) is 0 Å². The molecule has 2 rings (SSSR count). The Kier molecular flexibility index (Phi) is 3.84. The normalized spacial score (nSPS) is 17.3. The lowest BCUT2D eigenvalue weighted by molar-refractivity contribution is -0.119. The zero-order chi connectivity index (χ0) is 13.9. The first-order valence-electron chi connectivity index (χ1n) is 6.36. The van der Waals surface area contributed by atoms with E-state index in [1.807, 2.05) is 0 Å². The Balaban J connectivity index is 1.88. The number of carbonyl (C=O) groups excluding carboxylic acids is 2. The molecule has 1 fully saturated rings. The summed E-state index contributed by atoms with van der Waals surface area (Å²) in [6, 6.07) is 0. The monoisotopic (exact) mass is 265 g/mol. The standard InChI is InChI=1S/C12H19N5O2/c13-10(18)8-17-7-9(6-15-17)16-11(19)5-12(14)3-1-2-4-12/h6-7H,1-5,8,14H2,(H2,13,18)(H,16,19). The second-order valence-corrected chi connectivity index (χ2v) is 5.19. The highest BCUT2D eigenvalue weighted by molar-refractivity contribution is 5.91. The van der Waals surface area contributed by atoms with Gasteiger partial charge in [0.15, 0.2) is 0 Å². The van der Waals surface area contributed by atoms with Crippen molar-refractivity contribution < 1.29 is 9.59 Å². The fourth-order valence-electron chi connectivity index (χ4n) is 2.46. The van der Waals surface area contributed by atoms with E-state index in [9.17, 15) is 9.59 Å². The molecule has 5 N–H and O–H groups in total. The molecule has 0 radical (unpaired) electrons. The van der Waals surface area contributed by atoms with E-state index in [1.165, 1.54) is 10.9 Å². The summed E-state index contributed by atoms with van der Waals surface area (Å²) in [6.45, 7) is -0.00328. The number of primary amides is 1. The van der Waals surface area contributed by atoms with Crippen molar-refractivity contribution in [2.24, 2.45) is 11.5 Å². The molecule has 0 unspecified atom stereocenters. The SMILES string of the molecule is NC(=O)Cn1cc(NC(=O)CC2(N)CCCC2)cn1. The third-order valence-corrected chi connectivity index (χ3v) is 3.35. The van der Waals surface area contributed by atoms with Crippen LogP contribution in [0.1, 0.15) is 32.1 Å². The van der Waals surface area contributed by atoms with Crippen LogP contribution in [-0.2, 0) is 16.1 Å². The first-order chi connectivity index (χ1) is 8.97. The molecular formula is C12H19N5O2. The van der Waals surface area contributed by atoms with E-state index in [4.69, 9.17) is 11.5 Å². The number of anilines is 1. The van der Waals surface area contributed by atoms with Gasteiger partial charge in [0.25, 0.3) is 0 Å². The van der Waals surface area contributed by atoms with E-state index in [-0.39, 0.29) is 18.0 Å². The number of amides is 2. The summed E-state index contributed by atoms with van der Waals surface area (Å²) < 4.78 is 1.38. The fraction of sp³-hybridized carbons (Fsp3) is 0.583. The van der Waals surface area contributed by atoms with Gasteiger partial charge in [-0.05, 0) is 12.8 Å². The smallest absolute Gasteiger partial charge is 0.239 e. The minimum Gasteiger partial charge on any atom is -0.368 e. The van der Waals surface area contributed by atoms with Gasteiger partial charge in [-0.2, -0.15) is 5.10 Å². The molecule has 1 aliphatic carbocycles. The van der Waals surface area contributed by atoms with E-state index in [0.717, 1.165) is 25.7 Å². The molecule has 1 saturated carbocycles. The largest absolute Gasteiger partial charge is 0.368 e. The molecule has 7 heteroatoms. The van der Waals surface area contributed by atoms with Gasteiger partial charge in [0.05, 0.1) is 11.9 Å². The van der Waals surface area contributed by atoms with Gasteiger partial charge >= 0.3 is 0 Å². The summed E-state index contributed by atoms with van der Waals surface area (Å²) in [4.78, 5) is 22.6. The number of hydrogen-bond acceptors (Lipinski definition) is 4. The maximum atomic E-state index is 11.9. The molecule has 104 valence electrons. The van der Waals surface area contributed by atoms with Crippen LogP contribution in [0.25, 0.3) is 0 Å². The molecule has 0 aliphatic heterocycles. The lowest BCUT2D eigenvalue weighted by Gasteiger charge is -2.22. The Morgan fingerprint density at radius 1 is 1.42 bits per heavy atom. The summed E-state index contributed by atoms with van der Waals surface area (Å²) in [5, 5.41) is 6.66. The third kappa shape index (κ3) is 3.78. The second kappa shape index (κ2) is 5.40. The summed E-state index contributed by atoms with van der Waals surface area (Å²) in [7, 11) is 0. The Morgan fingerprint density at radius 3 is 2.74 bits per heavy atom. The number of aromatic nitrogens is 2. The molecule has 0 saturated heterocycles. The van der Waals surface area contributed by atoms with Crippen molar-refractivity contribution in [3.63, 3.8) is 0 Å². The number of hydrogen-bond donors (Lipinski definition) is 3. The van der Waals surface area contributed by atoms with Gasteiger partial charge in [-0.1, -0.05) is 12.8 Å². The zero-order valence-corrected chi connectivity index (χ0v) is 10.8. The number of nitrogens with one attached hydrogen (secondary N) is 1. The van der Waals surface area contributed by atoms with Crippen molar-refractivity contribution in [3.8, 4) is 0 Å². The molecular weight excluding hydrogens is 246 g/mol. The lowest BCUT2D eigenvalue weighted by Crippen LogP contribution is -2.40. The maximum absolute atomic E-state index is 11.9. The van der Waals surface area contributed by atoms with Crippen molar-refractivity contribution in [3.05, 3.63) is 12.4 Å². The van der Waals surface area contributed by atoms with Crippen LogP contribution in [0.2, 0.25) is 0 Å². The van der Waals surface area contributed by atoms with Crippen LogP contribution in [0.4, 0.5) is 5.69 Å². The maximum Gasteiger partial charge on any atom is 0.239 e. The first kappa shape index (κ1) is 13.5. The van der Waals surface area contributed by atoms with Crippen LogP contribution in [-0.4, -0.2) is 27.1 Å². The topological polar surface area (TPSA) is 116 Å². The Hall–Kier alpha value is -1.89. The van der Waals surface area contributed by atoms with Gasteiger partial charge in [-0.25, -0.2) is 0 Å². The molecule has 7 nitrogen and oxygen atoms in total. The first-order valence-corrected chi connectivity index (χ1v) is 6.36.